The first-order valence-electron chi connectivity index (χ1n) is 10.0. The molecule has 0 aliphatic rings. The molecule has 5 aromatic rings. The Bertz CT molecular complexity index is 1510. The van der Waals surface area contributed by atoms with Crippen LogP contribution in [-0.4, -0.2) is 22.8 Å². The zero-order chi connectivity index (χ0) is 22.1. The molecule has 0 aliphatic heterocycles. The number of anilines is 1. The second-order valence-corrected chi connectivity index (χ2v) is 7.33. The van der Waals surface area contributed by atoms with E-state index < -0.39 is 11.5 Å². The molecule has 1 N–H and O–H groups in total. The Balaban J connectivity index is 1.40. The van der Waals surface area contributed by atoms with Gasteiger partial charge in [-0.2, -0.15) is 5.10 Å². The van der Waals surface area contributed by atoms with Gasteiger partial charge in [-0.1, -0.05) is 42.5 Å². The fourth-order valence-corrected chi connectivity index (χ4v) is 3.76. The van der Waals surface area contributed by atoms with Crippen molar-refractivity contribution in [1.29, 1.82) is 0 Å². The number of amides is 1. The quantitative estimate of drug-likeness (QED) is 0.421. The number of nitrogens with zero attached hydrogens (tertiary/aromatic N) is 2. The molecule has 0 saturated carbocycles. The number of hydrogen-bond acceptors (Lipinski definition) is 5. The molecule has 0 bridgehead atoms. The lowest BCUT2D eigenvalue weighted by atomic mass is 10.0. The monoisotopic (exact) mass is 425 g/mol. The van der Waals surface area contributed by atoms with Gasteiger partial charge in [0, 0.05) is 29.8 Å². The predicted molar refractivity (Wildman–Crippen MR) is 122 cm³/mol. The van der Waals surface area contributed by atoms with E-state index in [1.54, 1.807) is 35.1 Å². The van der Waals surface area contributed by atoms with E-state index in [1.807, 2.05) is 18.2 Å². The number of fused-ring (bicyclic) bond motifs is 2. The van der Waals surface area contributed by atoms with Crippen LogP contribution in [0.3, 0.4) is 0 Å². The maximum Gasteiger partial charge on any atom is 0.337 e. The first-order valence-corrected chi connectivity index (χ1v) is 10.0. The number of methoxy groups -OCH3 is 1. The lowest BCUT2D eigenvalue weighted by Gasteiger charge is -2.08. The largest absolute Gasteiger partial charge is 0.497 e. The minimum absolute atomic E-state index is 0.211. The molecule has 32 heavy (non-hydrogen) atoms. The summed E-state index contributed by atoms with van der Waals surface area (Å²) in [7, 11) is 1.52. The highest BCUT2D eigenvalue weighted by molar-refractivity contribution is 6.11. The Morgan fingerprint density at radius 2 is 1.88 bits per heavy atom. The van der Waals surface area contributed by atoms with Crippen molar-refractivity contribution in [1.82, 2.24) is 9.78 Å². The van der Waals surface area contributed by atoms with Crippen molar-refractivity contribution in [2.24, 2.45) is 0 Å². The summed E-state index contributed by atoms with van der Waals surface area (Å²) in [6.07, 6.45) is 1.81. The van der Waals surface area contributed by atoms with Gasteiger partial charge in [0.1, 0.15) is 11.3 Å². The normalized spacial score (nSPS) is 11.0. The molecule has 0 spiro atoms. The summed E-state index contributed by atoms with van der Waals surface area (Å²) in [5.41, 5.74) is 1.01. The van der Waals surface area contributed by atoms with E-state index in [2.05, 4.69) is 34.7 Å². The number of aromatic nitrogens is 2. The van der Waals surface area contributed by atoms with E-state index in [9.17, 15) is 9.59 Å². The van der Waals surface area contributed by atoms with Crippen LogP contribution < -0.4 is 15.7 Å². The highest BCUT2D eigenvalue weighted by Gasteiger charge is 2.15. The average Bonchev–Trinajstić information content (AvgIpc) is 3.24. The molecule has 3 aromatic carbocycles. The van der Waals surface area contributed by atoms with E-state index in [0.29, 0.717) is 23.5 Å². The summed E-state index contributed by atoms with van der Waals surface area (Å²) >= 11 is 0. The van der Waals surface area contributed by atoms with Gasteiger partial charge in [0.05, 0.1) is 19.2 Å². The highest BCUT2D eigenvalue weighted by Crippen LogP contribution is 2.23. The number of nitrogens with one attached hydrogen (secondary N) is 1. The van der Waals surface area contributed by atoms with Crippen LogP contribution in [0.25, 0.3) is 21.7 Å². The maximum absolute atomic E-state index is 12.9. The fraction of sp³-hybridized carbons (Fsp3) is 0.0800. The van der Waals surface area contributed by atoms with E-state index in [-0.39, 0.29) is 11.1 Å². The van der Waals surface area contributed by atoms with Gasteiger partial charge in [-0.15, -0.1) is 0 Å². The smallest absolute Gasteiger partial charge is 0.337 e. The zero-order valence-corrected chi connectivity index (χ0v) is 17.2. The van der Waals surface area contributed by atoms with Crippen molar-refractivity contribution >= 4 is 33.5 Å². The van der Waals surface area contributed by atoms with Gasteiger partial charge in [-0.3, -0.25) is 9.48 Å². The summed E-state index contributed by atoms with van der Waals surface area (Å²) in [4.78, 5) is 24.9. The van der Waals surface area contributed by atoms with E-state index in [0.717, 1.165) is 16.3 Å². The maximum atomic E-state index is 12.9. The SMILES string of the molecule is COc1ccc2c(C(=O)Nc3ccn(Cc4cccc5ccccc45)n3)cc(=O)oc2c1. The number of rotatable bonds is 5. The summed E-state index contributed by atoms with van der Waals surface area (Å²) in [5.74, 6) is 0.485. The van der Waals surface area contributed by atoms with Crippen LogP contribution in [0.15, 0.2) is 88.2 Å². The third-order valence-corrected chi connectivity index (χ3v) is 5.29. The lowest BCUT2D eigenvalue weighted by Crippen LogP contribution is -2.16. The number of carbonyl (C=O) groups is 1. The molecule has 7 heteroatoms. The molecule has 0 aliphatic carbocycles. The third kappa shape index (κ3) is 3.72. The molecule has 0 saturated heterocycles. The first-order chi connectivity index (χ1) is 15.6. The zero-order valence-electron chi connectivity index (χ0n) is 17.2. The van der Waals surface area contributed by atoms with Crippen molar-refractivity contribution in [3.05, 3.63) is 101 Å². The van der Waals surface area contributed by atoms with Gasteiger partial charge in [0.15, 0.2) is 5.82 Å². The van der Waals surface area contributed by atoms with Gasteiger partial charge in [-0.05, 0) is 28.5 Å². The van der Waals surface area contributed by atoms with Crippen LogP contribution in [0.4, 0.5) is 5.82 Å². The van der Waals surface area contributed by atoms with Gasteiger partial charge in [0.25, 0.3) is 5.91 Å². The summed E-state index contributed by atoms with van der Waals surface area (Å²) in [6.45, 7) is 0.564. The van der Waals surface area contributed by atoms with Crippen LogP contribution >= 0.6 is 0 Å². The number of ether oxygens (including phenoxy) is 1. The Kier molecular flexibility index (Phi) is 4.91. The van der Waals surface area contributed by atoms with E-state index >= 15 is 0 Å². The second kappa shape index (κ2) is 8.03. The Morgan fingerprint density at radius 3 is 2.75 bits per heavy atom. The molecule has 158 valence electrons. The second-order valence-electron chi connectivity index (χ2n) is 7.33. The van der Waals surface area contributed by atoms with Crippen LogP contribution in [-0.2, 0) is 6.54 Å². The fourth-order valence-electron chi connectivity index (χ4n) is 3.76. The Labute approximate surface area is 182 Å². The molecule has 0 unspecified atom stereocenters. The molecule has 7 nitrogen and oxygen atoms in total. The average molecular weight is 425 g/mol. The van der Waals surface area contributed by atoms with Crippen LogP contribution in [0.5, 0.6) is 5.75 Å². The van der Waals surface area contributed by atoms with Gasteiger partial charge in [-0.25, -0.2) is 4.79 Å². The van der Waals surface area contributed by atoms with E-state index in [1.165, 1.54) is 13.2 Å². The summed E-state index contributed by atoms with van der Waals surface area (Å²) in [6, 6.07) is 22.2. The molecule has 2 heterocycles. The number of hydrogen-bond donors (Lipinski definition) is 1. The van der Waals surface area contributed by atoms with Crippen molar-refractivity contribution < 1.29 is 13.9 Å². The molecule has 2 aromatic heterocycles. The van der Waals surface area contributed by atoms with E-state index in [4.69, 9.17) is 9.15 Å². The molecule has 0 fully saturated rings. The minimum atomic E-state index is -0.614. The Morgan fingerprint density at radius 1 is 1.03 bits per heavy atom. The summed E-state index contributed by atoms with van der Waals surface area (Å²) in [5, 5.41) is 10.1. The third-order valence-electron chi connectivity index (χ3n) is 5.29. The molecule has 0 atom stereocenters. The van der Waals surface area contributed by atoms with Crippen molar-refractivity contribution in [2.45, 2.75) is 6.54 Å². The number of benzene rings is 3. The topological polar surface area (TPSA) is 86.4 Å². The van der Waals surface area contributed by atoms with Crippen LogP contribution in [0, 0.1) is 0 Å². The van der Waals surface area contributed by atoms with Gasteiger partial charge in [0.2, 0.25) is 0 Å². The Hall–Kier alpha value is -4.39. The van der Waals surface area contributed by atoms with Gasteiger partial charge < -0.3 is 14.5 Å². The lowest BCUT2D eigenvalue weighted by molar-refractivity contribution is 0.102. The van der Waals surface area contributed by atoms with Crippen LogP contribution in [0.2, 0.25) is 0 Å². The van der Waals surface area contributed by atoms with Crippen molar-refractivity contribution in [3.63, 3.8) is 0 Å². The highest BCUT2D eigenvalue weighted by atomic mass is 16.5. The molecule has 1 amide bonds. The molecular weight excluding hydrogens is 406 g/mol. The minimum Gasteiger partial charge on any atom is -0.497 e. The van der Waals surface area contributed by atoms with Gasteiger partial charge >= 0.3 is 5.63 Å². The summed E-state index contributed by atoms with van der Waals surface area (Å²) < 4.78 is 12.1. The molecule has 5 rings (SSSR count). The first kappa shape index (κ1) is 19.6. The molecular formula is C25H19N3O4. The standard InChI is InChI=1S/C25H19N3O4/c1-31-18-9-10-20-21(14-24(29)32-22(20)13-18)25(30)26-23-11-12-28(27-23)15-17-7-4-6-16-5-2-3-8-19(16)17/h2-14H,15H2,1H3,(H,26,27,30). The van der Waals surface area contributed by atoms with Crippen LogP contribution in [0.1, 0.15) is 15.9 Å². The number of carbonyl (C=O) groups excluding carboxylic acids is 1. The van der Waals surface area contributed by atoms with Crippen molar-refractivity contribution in [2.75, 3.05) is 12.4 Å². The predicted octanol–water partition coefficient (Wildman–Crippen LogP) is 4.45. The van der Waals surface area contributed by atoms with Crippen molar-refractivity contribution in [3.8, 4) is 5.75 Å². The molecule has 0 radical (unpaired) electrons.